The standard InChI is InChI=1S/C16H11N3/c1-2-14(16-15(3-1)18-10-19-16)12-4-5-13-9-17-7-6-11(13)8-12/h1-10H,(H,18,19). The molecule has 3 heteroatoms. The van der Waals surface area contributed by atoms with Gasteiger partial charge in [0.2, 0.25) is 0 Å². The molecule has 0 saturated heterocycles. The third-order valence-corrected chi connectivity index (χ3v) is 3.40. The maximum absolute atomic E-state index is 4.41. The van der Waals surface area contributed by atoms with Gasteiger partial charge in [-0.3, -0.25) is 4.98 Å². The van der Waals surface area contributed by atoms with Crippen LogP contribution in [0.5, 0.6) is 0 Å². The Morgan fingerprint density at radius 3 is 2.95 bits per heavy atom. The summed E-state index contributed by atoms with van der Waals surface area (Å²) >= 11 is 0. The molecule has 0 atom stereocenters. The van der Waals surface area contributed by atoms with Crippen molar-refractivity contribution in [2.75, 3.05) is 0 Å². The summed E-state index contributed by atoms with van der Waals surface area (Å²) in [4.78, 5) is 11.7. The van der Waals surface area contributed by atoms with Crippen molar-refractivity contribution in [2.45, 2.75) is 0 Å². The molecule has 0 fully saturated rings. The molecule has 0 spiro atoms. The molecule has 0 aliphatic heterocycles. The number of H-pyrrole nitrogens is 1. The van der Waals surface area contributed by atoms with Crippen molar-refractivity contribution in [1.82, 2.24) is 15.0 Å². The highest BCUT2D eigenvalue weighted by molar-refractivity contribution is 5.95. The lowest BCUT2D eigenvalue weighted by Gasteiger charge is -2.04. The normalized spacial score (nSPS) is 11.2. The molecule has 0 aliphatic carbocycles. The van der Waals surface area contributed by atoms with Crippen molar-refractivity contribution in [3.63, 3.8) is 0 Å². The second-order valence-electron chi connectivity index (χ2n) is 4.54. The Bertz CT molecular complexity index is 877. The van der Waals surface area contributed by atoms with Crippen molar-refractivity contribution in [3.05, 3.63) is 61.2 Å². The minimum atomic E-state index is 1.01. The molecule has 4 aromatic rings. The van der Waals surface area contributed by atoms with E-state index in [9.17, 15) is 0 Å². The zero-order valence-electron chi connectivity index (χ0n) is 10.2. The number of para-hydroxylation sites is 1. The largest absolute Gasteiger partial charge is 0.345 e. The number of fused-ring (bicyclic) bond motifs is 2. The average molecular weight is 245 g/mol. The third kappa shape index (κ3) is 1.59. The summed E-state index contributed by atoms with van der Waals surface area (Å²) in [5.41, 5.74) is 4.40. The van der Waals surface area contributed by atoms with E-state index >= 15 is 0 Å². The first kappa shape index (κ1) is 10.3. The van der Waals surface area contributed by atoms with Gasteiger partial charge in [0.25, 0.3) is 0 Å². The second kappa shape index (κ2) is 3.92. The Labute approximate surface area is 110 Å². The van der Waals surface area contributed by atoms with E-state index in [0.29, 0.717) is 0 Å². The average Bonchev–Trinajstić information content (AvgIpc) is 2.95. The maximum Gasteiger partial charge on any atom is 0.0960 e. The van der Waals surface area contributed by atoms with Gasteiger partial charge in [-0.15, -0.1) is 0 Å². The van der Waals surface area contributed by atoms with Crippen LogP contribution >= 0.6 is 0 Å². The van der Waals surface area contributed by atoms with E-state index in [1.807, 2.05) is 30.6 Å². The van der Waals surface area contributed by atoms with E-state index in [2.05, 4.69) is 39.2 Å². The number of aromatic nitrogens is 3. The maximum atomic E-state index is 4.41. The zero-order chi connectivity index (χ0) is 12.7. The third-order valence-electron chi connectivity index (χ3n) is 3.40. The fourth-order valence-corrected chi connectivity index (χ4v) is 2.45. The predicted molar refractivity (Wildman–Crippen MR) is 76.8 cm³/mol. The second-order valence-corrected chi connectivity index (χ2v) is 4.54. The van der Waals surface area contributed by atoms with Gasteiger partial charge in [0.05, 0.1) is 17.4 Å². The lowest BCUT2D eigenvalue weighted by atomic mass is 10.0. The van der Waals surface area contributed by atoms with Gasteiger partial charge in [-0.25, -0.2) is 4.98 Å². The van der Waals surface area contributed by atoms with Crippen LogP contribution in [0.25, 0.3) is 32.9 Å². The molecule has 90 valence electrons. The van der Waals surface area contributed by atoms with Crippen molar-refractivity contribution in [1.29, 1.82) is 0 Å². The number of hydrogen-bond acceptors (Lipinski definition) is 2. The molecule has 0 radical (unpaired) electrons. The Hall–Kier alpha value is -2.68. The first-order valence-electron chi connectivity index (χ1n) is 6.18. The van der Waals surface area contributed by atoms with Crippen LogP contribution in [0, 0.1) is 0 Å². The summed E-state index contributed by atoms with van der Waals surface area (Å²) in [5.74, 6) is 0. The number of pyridine rings is 1. The van der Waals surface area contributed by atoms with Crippen molar-refractivity contribution in [3.8, 4) is 11.1 Å². The quantitative estimate of drug-likeness (QED) is 0.554. The molecule has 2 aromatic heterocycles. The van der Waals surface area contributed by atoms with E-state index in [1.165, 1.54) is 10.9 Å². The lowest BCUT2D eigenvalue weighted by molar-refractivity contribution is 1.34. The van der Waals surface area contributed by atoms with Crippen LogP contribution in [0.4, 0.5) is 0 Å². The van der Waals surface area contributed by atoms with Crippen LogP contribution in [0.15, 0.2) is 61.2 Å². The Balaban J connectivity index is 2.01. The molecule has 0 aliphatic rings. The van der Waals surface area contributed by atoms with Crippen LogP contribution in [0.1, 0.15) is 0 Å². The van der Waals surface area contributed by atoms with Crippen molar-refractivity contribution in [2.24, 2.45) is 0 Å². The minimum absolute atomic E-state index is 1.01. The number of aromatic amines is 1. The van der Waals surface area contributed by atoms with Crippen molar-refractivity contribution < 1.29 is 0 Å². The number of nitrogens with one attached hydrogen (secondary N) is 1. The Morgan fingerprint density at radius 1 is 0.947 bits per heavy atom. The summed E-state index contributed by atoms with van der Waals surface area (Å²) in [6.07, 6.45) is 5.44. The highest BCUT2D eigenvalue weighted by Gasteiger charge is 2.06. The molecule has 0 amide bonds. The SMILES string of the molecule is c1cc(-c2ccc3cnccc3c2)c2nc[nH]c2c1. The van der Waals surface area contributed by atoms with E-state index in [1.54, 1.807) is 6.33 Å². The van der Waals surface area contributed by atoms with Gasteiger partial charge in [-0.1, -0.05) is 24.3 Å². The molecule has 1 N–H and O–H groups in total. The summed E-state index contributed by atoms with van der Waals surface area (Å²) in [6, 6.07) is 14.6. The number of hydrogen-bond donors (Lipinski definition) is 1. The van der Waals surface area contributed by atoms with E-state index in [-0.39, 0.29) is 0 Å². The highest BCUT2D eigenvalue weighted by atomic mass is 14.9. The van der Waals surface area contributed by atoms with Crippen LogP contribution in [0.2, 0.25) is 0 Å². The highest BCUT2D eigenvalue weighted by Crippen LogP contribution is 2.28. The van der Waals surface area contributed by atoms with E-state index < -0.39 is 0 Å². The molecule has 0 unspecified atom stereocenters. The van der Waals surface area contributed by atoms with Crippen LogP contribution in [0.3, 0.4) is 0 Å². The van der Waals surface area contributed by atoms with Crippen LogP contribution in [-0.4, -0.2) is 15.0 Å². The van der Waals surface area contributed by atoms with Crippen molar-refractivity contribution >= 4 is 21.8 Å². The number of rotatable bonds is 1. The summed E-state index contributed by atoms with van der Waals surface area (Å²) in [7, 11) is 0. The summed E-state index contributed by atoms with van der Waals surface area (Å²) in [6.45, 7) is 0. The Kier molecular flexibility index (Phi) is 2.12. The molecule has 2 aromatic carbocycles. The van der Waals surface area contributed by atoms with Gasteiger partial charge in [-0.2, -0.15) is 0 Å². The predicted octanol–water partition coefficient (Wildman–Crippen LogP) is 3.78. The summed E-state index contributed by atoms with van der Waals surface area (Å²) in [5, 5.41) is 2.35. The Morgan fingerprint density at radius 2 is 1.95 bits per heavy atom. The molecular weight excluding hydrogens is 234 g/mol. The van der Waals surface area contributed by atoms with E-state index in [0.717, 1.165) is 22.0 Å². The monoisotopic (exact) mass is 245 g/mol. The molecule has 0 saturated carbocycles. The molecule has 19 heavy (non-hydrogen) atoms. The fourth-order valence-electron chi connectivity index (χ4n) is 2.45. The number of nitrogens with zero attached hydrogens (tertiary/aromatic N) is 2. The van der Waals surface area contributed by atoms with Crippen LogP contribution in [-0.2, 0) is 0 Å². The number of benzene rings is 2. The topological polar surface area (TPSA) is 41.6 Å². The van der Waals surface area contributed by atoms with Gasteiger partial charge in [-0.05, 0) is 29.1 Å². The number of imidazole rings is 1. The first-order chi connectivity index (χ1) is 9.42. The molecular formula is C16H11N3. The lowest BCUT2D eigenvalue weighted by Crippen LogP contribution is -1.82. The smallest absolute Gasteiger partial charge is 0.0960 e. The fraction of sp³-hybridized carbons (Fsp3) is 0. The molecule has 3 nitrogen and oxygen atoms in total. The molecule has 2 heterocycles. The van der Waals surface area contributed by atoms with Gasteiger partial charge in [0.1, 0.15) is 0 Å². The first-order valence-corrected chi connectivity index (χ1v) is 6.18. The summed E-state index contributed by atoms with van der Waals surface area (Å²) < 4.78 is 0. The van der Waals surface area contributed by atoms with Crippen LogP contribution < -0.4 is 0 Å². The van der Waals surface area contributed by atoms with Gasteiger partial charge < -0.3 is 4.98 Å². The minimum Gasteiger partial charge on any atom is -0.345 e. The van der Waals surface area contributed by atoms with Gasteiger partial charge in [0, 0.05) is 23.3 Å². The van der Waals surface area contributed by atoms with Gasteiger partial charge in [0.15, 0.2) is 0 Å². The molecule has 0 bridgehead atoms. The molecule has 4 rings (SSSR count). The van der Waals surface area contributed by atoms with E-state index in [4.69, 9.17) is 0 Å². The zero-order valence-corrected chi connectivity index (χ0v) is 10.2. The van der Waals surface area contributed by atoms with Gasteiger partial charge >= 0.3 is 0 Å².